The predicted molar refractivity (Wildman–Crippen MR) is 89.4 cm³/mol. The summed E-state index contributed by atoms with van der Waals surface area (Å²) in [6.07, 6.45) is 3.67. The highest BCUT2D eigenvalue weighted by atomic mass is 35.5. The standard InChI is InChI=1S/C13H14N6OS.ClH/c1-21-13-16-6-7-2-3-8-10(12(15)20)18-19(5-4-14)11(8)9(7)17-13;/h2-3,6H,4-5,14H2,1H3,(H2,15,20);1H. The van der Waals surface area contributed by atoms with Crippen LogP contribution in [0.5, 0.6) is 0 Å². The normalized spacial score (nSPS) is 10.8. The summed E-state index contributed by atoms with van der Waals surface area (Å²) in [5.41, 5.74) is 12.8. The van der Waals surface area contributed by atoms with Crippen molar-refractivity contribution < 1.29 is 4.79 Å². The van der Waals surface area contributed by atoms with Crippen LogP contribution in [0.1, 0.15) is 10.5 Å². The number of nitrogens with zero attached hydrogens (tertiary/aromatic N) is 4. The fourth-order valence-electron chi connectivity index (χ4n) is 2.31. The molecule has 3 aromatic rings. The topological polar surface area (TPSA) is 113 Å². The molecule has 0 aliphatic rings. The number of fused-ring (bicyclic) bond motifs is 3. The fraction of sp³-hybridized carbons (Fsp3) is 0.231. The largest absolute Gasteiger partial charge is 0.364 e. The molecule has 0 saturated carbocycles. The molecule has 9 heteroatoms. The Morgan fingerprint density at radius 3 is 2.82 bits per heavy atom. The summed E-state index contributed by atoms with van der Waals surface area (Å²) < 4.78 is 1.69. The van der Waals surface area contributed by atoms with Crippen LogP contribution in [-0.2, 0) is 6.54 Å². The van der Waals surface area contributed by atoms with Crippen LogP contribution in [0.2, 0.25) is 0 Å². The maximum atomic E-state index is 11.6. The van der Waals surface area contributed by atoms with E-state index in [1.807, 2.05) is 18.4 Å². The van der Waals surface area contributed by atoms with Gasteiger partial charge in [0.1, 0.15) is 5.52 Å². The molecule has 0 bridgehead atoms. The SMILES string of the molecule is CSc1ncc2ccc3c(C(N)=O)nn(CCN)c3c2n1.Cl. The lowest BCUT2D eigenvalue weighted by Crippen LogP contribution is -2.15. The molecule has 2 aromatic heterocycles. The first-order chi connectivity index (χ1) is 10.2. The number of hydrogen-bond acceptors (Lipinski definition) is 6. The van der Waals surface area contributed by atoms with Crippen LogP contribution < -0.4 is 11.5 Å². The van der Waals surface area contributed by atoms with Crippen LogP contribution in [0.25, 0.3) is 21.8 Å². The van der Waals surface area contributed by atoms with E-state index in [1.54, 1.807) is 10.9 Å². The van der Waals surface area contributed by atoms with Gasteiger partial charge >= 0.3 is 0 Å². The quantitative estimate of drug-likeness (QED) is 0.545. The Bertz CT molecular complexity index is 849. The summed E-state index contributed by atoms with van der Waals surface area (Å²) in [6.45, 7) is 0.896. The van der Waals surface area contributed by atoms with Gasteiger partial charge in [0.25, 0.3) is 5.91 Å². The summed E-state index contributed by atoms with van der Waals surface area (Å²) in [5.74, 6) is -0.561. The van der Waals surface area contributed by atoms with Crippen molar-refractivity contribution in [2.24, 2.45) is 11.5 Å². The minimum absolute atomic E-state index is 0. The Morgan fingerprint density at radius 2 is 2.18 bits per heavy atom. The molecule has 1 aromatic carbocycles. The van der Waals surface area contributed by atoms with Crippen LogP contribution in [0.3, 0.4) is 0 Å². The van der Waals surface area contributed by atoms with Crippen molar-refractivity contribution in [3.63, 3.8) is 0 Å². The molecular formula is C13H15ClN6OS. The van der Waals surface area contributed by atoms with Crippen molar-refractivity contribution in [1.82, 2.24) is 19.7 Å². The molecule has 0 unspecified atom stereocenters. The van der Waals surface area contributed by atoms with E-state index in [0.29, 0.717) is 23.6 Å². The number of primary amides is 1. The molecule has 0 aliphatic carbocycles. The fourth-order valence-corrected chi connectivity index (χ4v) is 2.65. The minimum atomic E-state index is -0.561. The number of rotatable bonds is 4. The first kappa shape index (κ1) is 16.5. The van der Waals surface area contributed by atoms with Gasteiger partial charge in [-0.15, -0.1) is 12.4 Å². The molecule has 0 atom stereocenters. The average Bonchev–Trinajstić information content (AvgIpc) is 2.86. The van der Waals surface area contributed by atoms with Crippen molar-refractivity contribution in [2.45, 2.75) is 11.7 Å². The number of amides is 1. The van der Waals surface area contributed by atoms with E-state index in [9.17, 15) is 4.79 Å². The second kappa shape index (κ2) is 6.47. The van der Waals surface area contributed by atoms with Crippen molar-refractivity contribution in [3.8, 4) is 0 Å². The van der Waals surface area contributed by atoms with E-state index in [0.717, 1.165) is 16.4 Å². The third-order valence-electron chi connectivity index (χ3n) is 3.19. The first-order valence-corrected chi connectivity index (χ1v) is 7.58. The molecule has 1 amide bonds. The first-order valence-electron chi connectivity index (χ1n) is 6.36. The number of thioether (sulfide) groups is 1. The van der Waals surface area contributed by atoms with E-state index in [4.69, 9.17) is 11.5 Å². The van der Waals surface area contributed by atoms with Gasteiger partial charge in [-0.1, -0.05) is 17.8 Å². The Balaban J connectivity index is 0.00000176. The Hall–Kier alpha value is -1.90. The Morgan fingerprint density at radius 1 is 1.41 bits per heavy atom. The van der Waals surface area contributed by atoms with E-state index in [1.165, 1.54) is 11.8 Å². The number of carbonyl (C=O) groups is 1. The zero-order valence-corrected chi connectivity index (χ0v) is 13.4. The molecule has 0 aliphatic heterocycles. The van der Waals surface area contributed by atoms with Crippen LogP contribution >= 0.6 is 24.2 Å². The van der Waals surface area contributed by atoms with Crippen molar-refractivity contribution in [3.05, 3.63) is 24.0 Å². The Kier molecular flexibility index (Phi) is 4.84. The Labute approximate surface area is 136 Å². The zero-order chi connectivity index (χ0) is 15.0. The van der Waals surface area contributed by atoms with Gasteiger partial charge in [-0.05, 0) is 12.3 Å². The molecular weight excluding hydrogens is 324 g/mol. The molecule has 0 radical (unpaired) electrons. The number of halogens is 1. The van der Waals surface area contributed by atoms with Crippen LogP contribution in [0, 0.1) is 0 Å². The molecule has 116 valence electrons. The number of carbonyl (C=O) groups excluding carboxylic acids is 1. The van der Waals surface area contributed by atoms with Gasteiger partial charge in [-0.3, -0.25) is 9.48 Å². The lowest BCUT2D eigenvalue weighted by molar-refractivity contribution is 0.0996. The average molecular weight is 339 g/mol. The van der Waals surface area contributed by atoms with E-state index >= 15 is 0 Å². The van der Waals surface area contributed by atoms with Crippen molar-refractivity contribution in [2.75, 3.05) is 12.8 Å². The van der Waals surface area contributed by atoms with Crippen LogP contribution in [0.15, 0.2) is 23.5 Å². The van der Waals surface area contributed by atoms with Gasteiger partial charge in [0.05, 0.1) is 12.1 Å². The molecule has 7 nitrogen and oxygen atoms in total. The van der Waals surface area contributed by atoms with E-state index in [2.05, 4.69) is 15.1 Å². The third kappa shape index (κ3) is 2.60. The molecule has 4 N–H and O–H groups in total. The van der Waals surface area contributed by atoms with Gasteiger partial charge < -0.3 is 11.5 Å². The minimum Gasteiger partial charge on any atom is -0.364 e. The monoisotopic (exact) mass is 338 g/mol. The number of benzene rings is 1. The summed E-state index contributed by atoms with van der Waals surface area (Å²) in [7, 11) is 0. The van der Waals surface area contributed by atoms with Crippen LogP contribution in [0.4, 0.5) is 0 Å². The van der Waals surface area contributed by atoms with Gasteiger partial charge in [0.15, 0.2) is 10.9 Å². The highest BCUT2D eigenvalue weighted by Crippen LogP contribution is 2.27. The molecule has 0 spiro atoms. The summed E-state index contributed by atoms with van der Waals surface area (Å²) in [6, 6.07) is 3.68. The molecule has 0 fully saturated rings. The van der Waals surface area contributed by atoms with E-state index in [-0.39, 0.29) is 18.1 Å². The number of hydrogen-bond donors (Lipinski definition) is 2. The lowest BCUT2D eigenvalue weighted by Gasteiger charge is -2.05. The third-order valence-corrected chi connectivity index (χ3v) is 3.76. The maximum absolute atomic E-state index is 11.6. The second-order valence-electron chi connectivity index (χ2n) is 4.48. The highest BCUT2D eigenvalue weighted by molar-refractivity contribution is 7.98. The molecule has 0 saturated heterocycles. The summed E-state index contributed by atoms with van der Waals surface area (Å²) in [5, 5.41) is 6.52. The number of nitrogens with two attached hydrogens (primary N) is 2. The number of aromatic nitrogens is 4. The molecule has 2 heterocycles. The van der Waals surface area contributed by atoms with Crippen LogP contribution in [-0.4, -0.2) is 38.5 Å². The van der Waals surface area contributed by atoms with E-state index < -0.39 is 5.91 Å². The zero-order valence-electron chi connectivity index (χ0n) is 11.8. The molecule has 3 rings (SSSR count). The summed E-state index contributed by atoms with van der Waals surface area (Å²) in [4.78, 5) is 20.4. The second-order valence-corrected chi connectivity index (χ2v) is 5.25. The summed E-state index contributed by atoms with van der Waals surface area (Å²) >= 11 is 1.46. The van der Waals surface area contributed by atoms with Gasteiger partial charge in [-0.2, -0.15) is 5.10 Å². The smallest absolute Gasteiger partial charge is 0.269 e. The van der Waals surface area contributed by atoms with Gasteiger partial charge in [-0.25, -0.2) is 9.97 Å². The highest BCUT2D eigenvalue weighted by Gasteiger charge is 2.17. The van der Waals surface area contributed by atoms with Gasteiger partial charge in [0.2, 0.25) is 0 Å². The van der Waals surface area contributed by atoms with Gasteiger partial charge in [0, 0.05) is 23.5 Å². The van der Waals surface area contributed by atoms with Crippen molar-refractivity contribution >= 4 is 51.9 Å². The predicted octanol–water partition coefficient (Wildman–Crippen LogP) is 1.18. The lowest BCUT2D eigenvalue weighted by atomic mass is 10.1. The van der Waals surface area contributed by atoms with Crippen molar-refractivity contribution in [1.29, 1.82) is 0 Å². The maximum Gasteiger partial charge on any atom is 0.269 e. The molecule has 22 heavy (non-hydrogen) atoms.